The molecule has 0 saturated carbocycles. The molecule has 0 bridgehead atoms. The first-order valence-corrected chi connectivity index (χ1v) is 11.2. The summed E-state index contributed by atoms with van der Waals surface area (Å²) in [6.07, 6.45) is 4.59. The maximum atomic E-state index is 13.1. The van der Waals surface area contributed by atoms with E-state index in [2.05, 4.69) is 26.8 Å². The number of carbonyl (C=O) groups is 1. The van der Waals surface area contributed by atoms with Crippen molar-refractivity contribution in [3.8, 4) is 11.5 Å². The van der Waals surface area contributed by atoms with Crippen molar-refractivity contribution < 1.29 is 14.3 Å². The van der Waals surface area contributed by atoms with Gasteiger partial charge in [0.25, 0.3) is 5.91 Å². The SMILES string of the molecule is CCOc1ccc(C(=O)N2CCCCCC2)cc1COc1ccccc1C(C)(C)C. The normalized spacial score (nSPS) is 14.9. The van der Waals surface area contributed by atoms with Crippen LogP contribution >= 0.6 is 0 Å². The van der Waals surface area contributed by atoms with Crippen molar-refractivity contribution in [3.05, 3.63) is 59.2 Å². The molecule has 0 radical (unpaired) electrons. The van der Waals surface area contributed by atoms with Crippen LogP contribution in [0.2, 0.25) is 0 Å². The van der Waals surface area contributed by atoms with Crippen molar-refractivity contribution in [2.75, 3.05) is 19.7 Å². The third-order valence-corrected chi connectivity index (χ3v) is 5.58. The van der Waals surface area contributed by atoms with E-state index in [1.165, 1.54) is 18.4 Å². The molecule has 1 heterocycles. The van der Waals surface area contributed by atoms with Crippen LogP contribution in [0.25, 0.3) is 0 Å². The highest BCUT2D eigenvalue weighted by Crippen LogP contribution is 2.32. The van der Waals surface area contributed by atoms with Crippen LogP contribution in [0.5, 0.6) is 11.5 Å². The van der Waals surface area contributed by atoms with Gasteiger partial charge >= 0.3 is 0 Å². The van der Waals surface area contributed by atoms with Gasteiger partial charge in [0, 0.05) is 24.2 Å². The fraction of sp³-hybridized carbons (Fsp3) is 0.500. The number of benzene rings is 2. The molecule has 1 fully saturated rings. The molecule has 2 aromatic carbocycles. The predicted molar refractivity (Wildman–Crippen MR) is 121 cm³/mol. The Morgan fingerprint density at radius 2 is 1.63 bits per heavy atom. The molecule has 30 heavy (non-hydrogen) atoms. The lowest BCUT2D eigenvalue weighted by molar-refractivity contribution is 0.0761. The van der Waals surface area contributed by atoms with Crippen molar-refractivity contribution in [2.45, 2.75) is 65.4 Å². The molecule has 1 saturated heterocycles. The van der Waals surface area contributed by atoms with Crippen LogP contribution in [0.4, 0.5) is 0 Å². The minimum atomic E-state index is -0.00999. The molecule has 4 heteroatoms. The number of nitrogens with zero attached hydrogens (tertiary/aromatic N) is 1. The second-order valence-electron chi connectivity index (χ2n) is 9.00. The number of carbonyl (C=O) groups excluding carboxylic acids is 1. The molecule has 1 amide bonds. The molecule has 162 valence electrons. The quantitative estimate of drug-likeness (QED) is 0.589. The smallest absolute Gasteiger partial charge is 0.253 e. The van der Waals surface area contributed by atoms with Crippen LogP contribution in [0.1, 0.15) is 74.9 Å². The Balaban J connectivity index is 1.83. The maximum absolute atomic E-state index is 13.1. The van der Waals surface area contributed by atoms with Gasteiger partial charge in [0.2, 0.25) is 0 Å². The topological polar surface area (TPSA) is 38.8 Å². The fourth-order valence-corrected chi connectivity index (χ4v) is 3.95. The fourth-order valence-electron chi connectivity index (χ4n) is 3.95. The molecule has 4 nitrogen and oxygen atoms in total. The van der Waals surface area contributed by atoms with Gasteiger partial charge in [-0.05, 0) is 55.0 Å². The Hall–Kier alpha value is -2.49. The number of para-hydroxylation sites is 1. The summed E-state index contributed by atoms with van der Waals surface area (Å²) in [6.45, 7) is 11.1. The Bertz CT molecular complexity index is 846. The summed E-state index contributed by atoms with van der Waals surface area (Å²) in [6, 6.07) is 13.9. The molecule has 0 aromatic heterocycles. The highest BCUT2D eigenvalue weighted by molar-refractivity contribution is 5.94. The van der Waals surface area contributed by atoms with E-state index in [9.17, 15) is 4.79 Å². The van der Waals surface area contributed by atoms with E-state index in [-0.39, 0.29) is 11.3 Å². The van der Waals surface area contributed by atoms with Crippen molar-refractivity contribution in [1.29, 1.82) is 0 Å². The molecular weight excluding hydrogens is 374 g/mol. The molecule has 1 aliphatic rings. The summed E-state index contributed by atoms with van der Waals surface area (Å²) in [7, 11) is 0. The van der Waals surface area contributed by atoms with Crippen LogP contribution in [0, 0.1) is 0 Å². The Morgan fingerprint density at radius 3 is 2.30 bits per heavy atom. The summed E-state index contributed by atoms with van der Waals surface area (Å²) in [5, 5.41) is 0. The van der Waals surface area contributed by atoms with Crippen LogP contribution in [0.3, 0.4) is 0 Å². The van der Waals surface area contributed by atoms with Gasteiger partial charge in [-0.3, -0.25) is 4.79 Å². The van der Waals surface area contributed by atoms with Crippen LogP contribution < -0.4 is 9.47 Å². The number of hydrogen-bond donors (Lipinski definition) is 0. The third-order valence-electron chi connectivity index (χ3n) is 5.58. The van der Waals surface area contributed by atoms with Gasteiger partial charge < -0.3 is 14.4 Å². The minimum Gasteiger partial charge on any atom is -0.493 e. The standard InChI is InChI=1S/C26H35NO3/c1-5-29-23-15-14-20(25(28)27-16-10-6-7-11-17-27)18-21(23)19-30-24-13-9-8-12-22(24)26(2,3)4/h8-9,12-15,18H,5-7,10-11,16-17,19H2,1-4H3. The summed E-state index contributed by atoms with van der Waals surface area (Å²) < 4.78 is 12.1. The van der Waals surface area contributed by atoms with E-state index >= 15 is 0 Å². The number of amides is 1. The summed E-state index contributed by atoms with van der Waals surface area (Å²) >= 11 is 0. The number of ether oxygens (including phenoxy) is 2. The first-order chi connectivity index (χ1) is 14.4. The van der Waals surface area contributed by atoms with Crippen LogP contribution in [-0.4, -0.2) is 30.5 Å². The zero-order valence-corrected chi connectivity index (χ0v) is 18.9. The number of rotatable bonds is 6. The zero-order chi connectivity index (χ0) is 21.6. The van der Waals surface area contributed by atoms with Crippen molar-refractivity contribution in [2.24, 2.45) is 0 Å². The van der Waals surface area contributed by atoms with Gasteiger partial charge in [0.15, 0.2) is 0 Å². The number of hydrogen-bond acceptors (Lipinski definition) is 3. The first-order valence-electron chi connectivity index (χ1n) is 11.2. The van der Waals surface area contributed by atoms with E-state index in [0.29, 0.717) is 18.8 Å². The molecule has 1 aliphatic heterocycles. The first kappa shape index (κ1) is 22.2. The molecule has 0 spiro atoms. The maximum Gasteiger partial charge on any atom is 0.253 e. The molecule has 0 aliphatic carbocycles. The van der Waals surface area contributed by atoms with E-state index in [1.54, 1.807) is 0 Å². The average Bonchev–Trinajstić information content (AvgIpc) is 3.02. The largest absolute Gasteiger partial charge is 0.493 e. The predicted octanol–water partition coefficient (Wildman–Crippen LogP) is 5.98. The van der Waals surface area contributed by atoms with E-state index in [0.717, 1.165) is 43.0 Å². The van der Waals surface area contributed by atoms with Gasteiger partial charge in [-0.25, -0.2) is 0 Å². The molecule has 0 N–H and O–H groups in total. The number of likely N-dealkylation sites (tertiary alicyclic amines) is 1. The Labute approximate surface area is 181 Å². The minimum absolute atomic E-state index is 0.00999. The second kappa shape index (κ2) is 10.0. The second-order valence-corrected chi connectivity index (χ2v) is 9.00. The van der Waals surface area contributed by atoms with Gasteiger partial charge in [-0.15, -0.1) is 0 Å². The highest BCUT2D eigenvalue weighted by Gasteiger charge is 2.21. The van der Waals surface area contributed by atoms with Gasteiger partial charge in [-0.1, -0.05) is 51.8 Å². The van der Waals surface area contributed by atoms with E-state index in [1.807, 2.05) is 48.2 Å². The lowest BCUT2D eigenvalue weighted by atomic mass is 9.86. The van der Waals surface area contributed by atoms with Crippen molar-refractivity contribution >= 4 is 5.91 Å². The lowest BCUT2D eigenvalue weighted by Crippen LogP contribution is -2.31. The summed E-state index contributed by atoms with van der Waals surface area (Å²) in [4.78, 5) is 15.1. The molecule has 2 aromatic rings. The molecule has 3 rings (SSSR count). The Morgan fingerprint density at radius 1 is 0.933 bits per heavy atom. The summed E-state index contributed by atoms with van der Waals surface area (Å²) in [5.41, 5.74) is 2.77. The highest BCUT2D eigenvalue weighted by atomic mass is 16.5. The monoisotopic (exact) mass is 409 g/mol. The lowest BCUT2D eigenvalue weighted by Gasteiger charge is -2.23. The van der Waals surface area contributed by atoms with Gasteiger partial charge in [0.1, 0.15) is 18.1 Å². The van der Waals surface area contributed by atoms with E-state index < -0.39 is 0 Å². The zero-order valence-electron chi connectivity index (χ0n) is 18.9. The Kier molecular flexibility index (Phi) is 7.41. The van der Waals surface area contributed by atoms with Crippen molar-refractivity contribution in [3.63, 3.8) is 0 Å². The van der Waals surface area contributed by atoms with Crippen LogP contribution in [-0.2, 0) is 12.0 Å². The van der Waals surface area contributed by atoms with Crippen molar-refractivity contribution in [1.82, 2.24) is 4.90 Å². The average molecular weight is 410 g/mol. The third kappa shape index (κ3) is 5.56. The van der Waals surface area contributed by atoms with E-state index in [4.69, 9.17) is 9.47 Å². The van der Waals surface area contributed by atoms with Gasteiger partial charge in [0.05, 0.1) is 6.61 Å². The van der Waals surface area contributed by atoms with Crippen LogP contribution in [0.15, 0.2) is 42.5 Å². The molecule has 0 unspecified atom stereocenters. The molecular formula is C26H35NO3. The molecule has 0 atom stereocenters. The van der Waals surface area contributed by atoms with Gasteiger partial charge in [-0.2, -0.15) is 0 Å². The summed E-state index contributed by atoms with van der Waals surface area (Å²) in [5.74, 6) is 1.76.